The Kier molecular flexibility index (Phi) is 5.41. The van der Waals surface area contributed by atoms with E-state index in [1.54, 1.807) is 0 Å². The number of aromatic nitrogens is 1. The Hall–Kier alpha value is -1.72. The number of hydrogen-bond donors (Lipinski definition) is 0. The van der Waals surface area contributed by atoms with E-state index in [1.807, 2.05) is 47.5 Å². The summed E-state index contributed by atoms with van der Waals surface area (Å²) in [5.74, 6) is 0.113. The summed E-state index contributed by atoms with van der Waals surface area (Å²) in [6, 6.07) is 13.6. The van der Waals surface area contributed by atoms with Gasteiger partial charge in [0, 0.05) is 55.5 Å². The summed E-state index contributed by atoms with van der Waals surface area (Å²) in [4.78, 5) is 21.3. The van der Waals surface area contributed by atoms with Crippen molar-refractivity contribution < 1.29 is 4.79 Å². The van der Waals surface area contributed by atoms with E-state index in [2.05, 4.69) is 31.9 Å². The van der Waals surface area contributed by atoms with Gasteiger partial charge in [-0.2, -0.15) is 0 Å². The summed E-state index contributed by atoms with van der Waals surface area (Å²) in [5.41, 5.74) is 1.87. The molecular weight excluding hydrogens is 354 g/mol. The highest BCUT2D eigenvalue weighted by Crippen LogP contribution is 2.18. The first-order valence-corrected chi connectivity index (χ1v) is 8.69. The molecule has 4 nitrogen and oxygen atoms in total. The van der Waals surface area contributed by atoms with E-state index in [-0.39, 0.29) is 5.91 Å². The Morgan fingerprint density at radius 3 is 2.48 bits per heavy atom. The largest absolute Gasteiger partial charge is 0.336 e. The smallest absolute Gasteiger partial charge is 0.255 e. The van der Waals surface area contributed by atoms with Crippen molar-refractivity contribution in [1.82, 2.24) is 14.8 Å². The van der Waals surface area contributed by atoms with Gasteiger partial charge in [0.25, 0.3) is 5.91 Å². The van der Waals surface area contributed by atoms with Crippen LogP contribution in [0.3, 0.4) is 0 Å². The summed E-state index contributed by atoms with van der Waals surface area (Å²) in [5, 5.41) is 0. The van der Waals surface area contributed by atoms with Crippen LogP contribution in [-0.2, 0) is 6.42 Å². The lowest BCUT2D eigenvalue weighted by atomic mass is 10.1. The molecule has 0 unspecified atom stereocenters. The topological polar surface area (TPSA) is 36.4 Å². The third-order valence-corrected chi connectivity index (χ3v) is 4.87. The molecule has 23 heavy (non-hydrogen) atoms. The van der Waals surface area contributed by atoms with E-state index in [9.17, 15) is 4.79 Å². The molecule has 1 aliphatic heterocycles. The molecule has 1 aromatic heterocycles. The summed E-state index contributed by atoms with van der Waals surface area (Å²) < 4.78 is 0.864. The molecule has 2 heterocycles. The molecule has 1 fully saturated rings. The van der Waals surface area contributed by atoms with Crippen LogP contribution in [0, 0.1) is 0 Å². The van der Waals surface area contributed by atoms with Crippen molar-refractivity contribution in [2.24, 2.45) is 0 Å². The van der Waals surface area contributed by atoms with Crippen LogP contribution in [0.1, 0.15) is 16.1 Å². The number of pyridine rings is 1. The minimum Gasteiger partial charge on any atom is -0.336 e. The van der Waals surface area contributed by atoms with Gasteiger partial charge in [-0.25, -0.2) is 0 Å². The number of halogens is 1. The number of piperazine rings is 1. The molecule has 0 saturated carbocycles. The fourth-order valence-electron chi connectivity index (χ4n) is 2.80. The number of carbonyl (C=O) groups is 1. The van der Waals surface area contributed by atoms with Crippen molar-refractivity contribution in [2.45, 2.75) is 6.42 Å². The zero-order chi connectivity index (χ0) is 16.1. The Morgan fingerprint density at radius 2 is 1.78 bits per heavy atom. The number of rotatable bonds is 4. The Balaban J connectivity index is 1.50. The van der Waals surface area contributed by atoms with Crippen molar-refractivity contribution in [2.75, 3.05) is 32.7 Å². The predicted octanol–water partition coefficient (Wildman–Crippen LogP) is 2.84. The second-order valence-corrected chi connectivity index (χ2v) is 6.54. The number of amides is 1. The second-order valence-electron chi connectivity index (χ2n) is 5.68. The normalized spacial score (nSPS) is 15.6. The van der Waals surface area contributed by atoms with Crippen LogP contribution >= 0.6 is 15.9 Å². The average molecular weight is 374 g/mol. The number of hydrogen-bond acceptors (Lipinski definition) is 3. The lowest BCUT2D eigenvalue weighted by molar-refractivity contribution is 0.0637. The Labute approximate surface area is 145 Å². The third kappa shape index (κ3) is 4.18. The maximum Gasteiger partial charge on any atom is 0.255 e. The van der Waals surface area contributed by atoms with Crippen molar-refractivity contribution in [3.8, 4) is 0 Å². The van der Waals surface area contributed by atoms with E-state index >= 15 is 0 Å². The lowest BCUT2D eigenvalue weighted by Crippen LogP contribution is -2.49. The molecule has 2 aromatic rings. The molecule has 0 bridgehead atoms. The maximum absolute atomic E-state index is 12.6. The fourth-order valence-corrected chi connectivity index (χ4v) is 3.25. The van der Waals surface area contributed by atoms with Gasteiger partial charge in [0.05, 0.1) is 5.56 Å². The molecule has 1 aromatic carbocycles. The van der Waals surface area contributed by atoms with Gasteiger partial charge in [0.1, 0.15) is 0 Å². The highest BCUT2D eigenvalue weighted by Gasteiger charge is 2.23. The minimum atomic E-state index is 0.113. The van der Waals surface area contributed by atoms with E-state index < -0.39 is 0 Å². The van der Waals surface area contributed by atoms with Crippen LogP contribution in [-0.4, -0.2) is 53.4 Å². The zero-order valence-corrected chi connectivity index (χ0v) is 14.6. The summed E-state index contributed by atoms with van der Waals surface area (Å²) in [7, 11) is 0. The van der Waals surface area contributed by atoms with Crippen molar-refractivity contribution in [3.63, 3.8) is 0 Å². The summed E-state index contributed by atoms with van der Waals surface area (Å²) in [6.07, 6.45) is 2.79. The quantitative estimate of drug-likeness (QED) is 0.826. The standard InChI is InChI=1S/C18H20BrN3O/c19-17-7-2-1-6-16(17)18(23)22-13-11-21(12-14-22)10-8-15-5-3-4-9-20-15/h1-7,9H,8,10-14H2. The van der Waals surface area contributed by atoms with Gasteiger partial charge in [-0.1, -0.05) is 18.2 Å². The van der Waals surface area contributed by atoms with Crippen LogP contribution in [0.15, 0.2) is 53.1 Å². The number of nitrogens with zero attached hydrogens (tertiary/aromatic N) is 3. The molecule has 5 heteroatoms. The van der Waals surface area contributed by atoms with E-state index in [0.29, 0.717) is 0 Å². The van der Waals surface area contributed by atoms with Gasteiger partial charge in [0.15, 0.2) is 0 Å². The highest BCUT2D eigenvalue weighted by atomic mass is 79.9. The van der Waals surface area contributed by atoms with Crippen LogP contribution in [0.2, 0.25) is 0 Å². The van der Waals surface area contributed by atoms with E-state index in [4.69, 9.17) is 0 Å². The molecule has 0 radical (unpaired) electrons. The molecule has 1 aliphatic rings. The number of benzene rings is 1. The van der Waals surface area contributed by atoms with Crippen LogP contribution in [0.4, 0.5) is 0 Å². The van der Waals surface area contributed by atoms with E-state index in [1.165, 1.54) is 0 Å². The molecule has 3 rings (SSSR count). The zero-order valence-electron chi connectivity index (χ0n) is 13.0. The SMILES string of the molecule is O=C(c1ccccc1Br)N1CCN(CCc2ccccn2)CC1. The van der Waals surface area contributed by atoms with Gasteiger partial charge >= 0.3 is 0 Å². The molecular formula is C18H20BrN3O. The van der Waals surface area contributed by atoms with Crippen molar-refractivity contribution >= 4 is 21.8 Å². The predicted molar refractivity (Wildman–Crippen MR) is 94.4 cm³/mol. The second kappa shape index (κ2) is 7.70. The van der Waals surface area contributed by atoms with E-state index in [0.717, 1.165) is 54.9 Å². The first-order valence-electron chi connectivity index (χ1n) is 7.90. The molecule has 0 N–H and O–H groups in total. The first kappa shape index (κ1) is 16.1. The summed E-state index contributed by atoms with van der Waals surface area (Å²) >= 11 is 3.46. The van der Waals surface area contributed by atoms with Crippen molar-refractivity contribution in [1.29, 1.82) is 0 Å². The average Bonchev–Trinajstić information content (AvgIpc) is 2.61. The van der Waals surface area contributed by atoms with Gasteiger partial charge < -0.3 is 4.90 Å². The number of carbonyl (C=O) groups excluding carboxylic acids is 1. The highest BCUT2D eigenvalue weighted by molar-refractivity contribution is 9.10. The third-order valence-electron chi connectivity index (χ3n) is 4.17. The lowest BCUT2D eigenvalue weighted by Gasteiger charge is -2.34. The van der Waals surface area contributed by atoms with Crippen LogP contribution < -0.4 is 0 Å². The van der Waals surface area contributed by atoms with Gasteiger partial charge in [-0.3, -0.25) is 14.7 Å². The molecule has 0 spiro atoms. The minimum absolute atomic E-state index is 0.113. The molecule has 0 aliphatic carbocycles. The molecule has 120 valence electrons. The fraction of sp³-hybridized carbons (Fsp3) is 0.333. The van der Waals surface area contributed by atoms with Crippen LogP contribution in [0.25, 0.3) is 0 Å². The van der Waals surface area contributed by atoms with Gasteiger partial charge in [-0.15, -0.1) is 0 Å². The van der Waals surface area contributed by atoms with Crippen LogP contribution in [0.5, 0.6) is 0 Å². The summed E-state index contributed by atoms with van der Waals surface area (Å²) in [6.45, 7) is 4.39. The maximum atomic E-state index is 12.6. The Bertz CT molecular complexity index is 654. The van der Waals surface area contributed by atoms with Gasteiger partial charge in [0.2, 0.25) is 0 Å². The first-order chi connectivity index (χ1) is 11.2. The Morgan fingerprint density at radius 1 is 1.04 bits per heavy atom. The molecule has 1 saturated heterocycles. The molecule has 0 atom stereocenters. The van der Waals surface area contributed by atoms with Gasteiger partial charge in [-0.05, 0) is 40.2 Å². The molecule has 1 amide bonds. The van der Waals surface area contributed by atoms with Crippen molar-refractivity contribution in [3.05, 3.63) is 64.4 Å². The monoisotopic (exact) mass is 373 g/mol.